The number of aromatic carboxylic acids is 1. The van der Waals surface area contributed by atoms with Gasteiger partial charge in [-0.1, -0.05) is 0 Å². The lowest BCUT2D eigenvalue weighted by atomic mass is 10.2. The first-order chi connectivity index (χ1) is 9.27. The molecule has 0 amide bonds. The van der Waals surface area contributed by atoms with Crippen molar-refractivity contribution in [1.29, 1.82) is 0 Å². The van der Waals surface area contributed by atoms with Gasteiger partial charge in [0.05, 0.1) is 11.3 Å². The van der Waals surface area contributed by atoms with Crippen molar-refractivity contribution in [2.75, 3.05) is 0 Å². The standard InChI is InChI=1S/C11H7F3N2O3S/c1-5-4-19-10(15-5)20-8-6(9(17)18)2-3-7(16-8)11(12,13)14/h2-4H,1H3,(H,17,18). The summed E-state index contributed by atoms with van der Waals surface area (Å²) in [5.74, 6) is -1.38. The number of rotatable bonds is 3. The van der Waals surface area contributed by atoms with Gasteiger partial charge in [-0.2, -0.15) is 13.2 Å². The molecule has 9 heteroatoms. The molecule has 0 radical (unpaired) electrons. The van der Waals surface area contributed by atoms with Crippen molar-refractivity contribution in [3.8, 4) is 0 Å². The Hall–Kier alpha value is -2.03. The van der Waals surface area contributed by atoms with E-state index < -0.39 is 17.8 Å². The van der Waals surface area contributed by atoms with Crippen molar-refractivity contribution >= 4 is 17.7 Å². The minimum atomic E-state index is -4.65. The Morgan fingerprint density at radius 2 is 2.05 bits per heavy atom. The van der Waals surface area contributed by atoms with E-state index in [0.29, 0.717) is 23.5 Å². The molecule has 0 bridgehead atoms. The van der Waals surface area contributed by atoms with Gasteiger partial charge in [-0.05, 0) is 30.8 Å². The molecule has 0 spiro atoms. The molecular formula is C11H7F3N2O3S. The van der Waals surface area contributed by atoms with E-state index in [0.717, 1.165) is 6.07 Å². The van der Waals surface area contributed by atoms with Crippen LogP contribution in [-0.4, -0.2) is 21.0 Å². The largest absolute Gasteiger partial charge is 0.478 e. The van der Waals surface area contributed by atoms with Crippen LogP contribution in [0.5, 0.6) is 0 Å². The number of carboxylic acids is 1. The summed E-state index contributed by atoms with van der Waals surface area (Å²) in [5, 5.41) is 8.66. The summed E-state index contributed by atoms with van der Waals surface area (Å²) in [6, 6.07) is 1.48. The van der Waals surface area contributed by atoms with Crippen molar-refractivity contribution in [3.63, 3.8) is 0 Å². The lowest BCUT2D eigenvalue weighted by Gasteiger charge is -2.08. The van der Waals surface area contributed by atoms with E-state index in [1.54, 1.807) is 6.92 Å². The summed E-state index contributed by atoms with van der Waals surface area (Å²) < 4.78 is 42.7. The normalized spacial score (nSPS) is 11.6. The Morgan fingerprint density at radius 1 is 1.35 bits per heavy atom. The molecule has 0 aliphatic heterocycles. The third-order valence-corrected chi connectivity index (χ3v) is 3.03. The van der Waals surface area contributed by atoms with E-state index in [4.69, 9.17) is 9.52 Å². The summed E-state index contributed by atoms with van der Waals surface area (Å²) in [6.07, 6.45) is -3.35. The summed E-state index contributed by atoms with van der Waals surface area (Å²) in [7, 11) is 0. The van der Waals surface area contributed by atoms with Crippen LogP contribution in [0, 0.1) is 6.92 Å². The highest BCUT2D eigenvalue weighted by molar-refractivity contribution is 7.99. The first kappa shape index (κ1) is 14.4. The fraction of sp³-hybridized carbons (Fsp3) is 0.182. The van der Waals surface area contributed by atoms with E-state index in [1.807, 2.05) is 0 Å². The fourth-order valence-electron chi connectivity index (χ4n) is 1.30. The molecule has 2 rings (SSSR count). The Morgan fingerprint density at radius 3 is 2.55 bits per heavy atom. The minimum Gasteiger partial charge on any atom is -0.478 e. The van der Waals surface area contributed by atoms with Crippen LogP contribution in [0.15, 0.2) is 33.1 Å². The van der Waals surface area contributed by atoms with Gasteiger partial charge in [0.25, 0.3) is 5.22 Å². The molecule has 1 N–H and O–H groups in total. The number of nitrogens with zero attached hydrogens (tertiary/aromatic N) is 2. The first-order valence-electron chi connectivity index (χ1n) is 5.19. The maximum atomic E-state index is 12.6. The van der Waals surface area contributed by atoms with Gasteiger partial charge in [-0.3, -0.25) is 0 Å². The lowest BCUT2D eigenvalue weighted by Crippen LogP contribution is -2.11. The number of oxazole rings is 1. The van der Waals surface area contributed by atoms with E-state index in [9.17, 15) is 18.0 Å². The molecule has 106 valence electrons. The second-order valence-corrected chi connectivity index (χ2v) is 4.65. The molecular weight excluding hydrogens is 297 g/mol. The number of carbonyl (C=O) groups is 1. The highest BCUT2D eigenvalue weighted by atomic mass is 32.2. The molecule has 0 fully saturated rings. The van der Waals surface area contributed by atoms with Crippen molar-refractivity contribution in [1.82, 2.24) is 9.97 Å². The summed E-state index contributed by atoms with van der Waals surface area (Å²) in [6.45, 7) is 1.63. The molecule has 0 saturated carbocycles. The number of alkyl halides is 3. The molecule has 0 saturated heterocycles. The van der Waals surface area contributed by atoms with Crippen LogP contribution < -0.4 is 0 Å². The average Bonchev–Trinajstić information content (AvgIpc) is 2.73. The monoisotopic (exact) mass is 304 g/mol. The predicted octanol–water partition coefficient (Wildman–Crippen LogP) is 3.25. The number of aryl methyl sites for hydroxylation is 1. The zero-order chi connectivity index (χ0) is 14.9. The van der Waals surface area contributed by atoms with Gasteiger partial charge in [-0.15, -0.1) is 0 Å². The van der Waals surface area contributed by atoms with E-state index in [-0.39, 0.29) is 15.8 Å². The Balaban J connectivity index is 2.44. The van der Waals surface area contributed by atoms with Gasteiger partial charge in [0.2, 0.25) is 0 Å². The van der Waals surface area contributed by atoms with Crippen LogP contribution >= 0.6 is 11.8 Å². The minimum absolute atomic E-state index is 0.0248. The molecule has 20 heavy (non-hydrogen) atoms. The van der Waals surface area contributed by atoms with E-state index in [2.05, 4.69) is 9.97 Å². The van der Waals surface area contributed by atoms with Gasteiger partial charge in [0.1, 0.15) is 17.0 Å². The summed E-state index contributed by atoms with van der Waals surface area (Å²) in [5.41, 5.74) is -0.997. The molecule has 2 aromatic heterocycles. The number of hydrogen-bond donors (Lipinski definition) is 1. The maximum absolute atomic E-state index is 12.6. The maximum Gasteiger partial charge on any atom is 0.433 e. The van der Waals surface area contributed by atoms with Gasteiger partial charge < -0.3 is 9.52 Å². The second kappa shape index (κ2) is 5.16. The molecule has 2 heterocycles. The Bertz CT molecular complexity index is 655. The molecule has 2 aromatic rings. The third kappa shape index (κ3) is 3.10. The number of halogens is 3. The smallest absolute Gasteiger partial charge is 0.433 e. The highest BCUT2D eigenvalue weighted by Crippen LogP contribution is 2.33. The van der Waals surface area contributed by atoms with Crippen LogP contribution in [0.2, 0.25) is 0 Å². The third-order valence-electron chi connectivity index (χ3n) is 2.16. The Kier molecular flexibility index (Phi) is 3.71. The quantitative estimate of drug-likeness (QED) is 0.938. The molecule has 5 nitrogen and oxygen atoms in total. The molecule has 0 aromatic carbocycles. The van der Waals surface area contributed by atoms with Gasteiger partial charge in [-0.25, -0.2) is 14.8 Å². The molecule has 0 atom stereocenters. The number of pyridine rings is 1. The van der Waals surface area contributed by atoms with Crippen LogP contribution in [0.3, 0.4) is 0 Å². The van der Waals surface area contributed by atoms with Crippen LogP contribution in [0.1, 0.15) is 21.7 Å². The lowest BCUT2D eigenvalue weighted by molar-refractivity contribution is -0.141. The Labute approximate surface area is 114 Å². The number of hydrogen-bond acceptors (Lipinski definition) is 5. The molecule has 0 aliphatic rings. The molecule has 0 unspecified atom stereocenters. The van der Waals surface area contributed by atoms with E-state index in [1.165, 1.54) is 6.26 Å². The summed E-state index contributed by atoms with van der Waals surface area (Å²) in [4.78, 5) is 18.2. The van der Waals surface area contributed by atoms with Gasteiger partial charge in [0, 0.05) is 0 Å². The van der Waals surface area contributed by atoms with Crippen molar-refractivity contribution in [2.24, 2.45) is 0 Å². The SMILES string of the molecule is Cc1coc(Sc2nc(C(F)(F)F)ccc2C(=O)O)n1. The topological polar surface area (TPSA) is 76.2 Å². The fourth-order valence-corrected chi connectivity index (χ4v) is 2.16. The number of aromatic nitrogens is 2. The zero-order valence-electron chi connectivity index (χ0n) is 9.93. The zero-order valence-corrected chi connectivity index (χ0v) is 10.7. The van der Waals surface area contributed by atoms with E-state index >= 15 is 0 Å². The summed E-state index contributed by atoms with van der Waals surface area (Å²) >= 11 is 0.624. The molecule has 0 aliphatic carbocycles. The average molecular weight is 304 g/mol. The first-order valence-corrected chi connectivity index (χ1v) is 6.00. The van der Waals surface area contributed by atoms with Crippen molar-refractivity contribution in [3.05, 3.63) is 35.3 Å². The van der Waals surface area contributed by atoms with Crippen LogP contribution in [-0.2, 0) is 6.18 Å². The van der Waals surface area contributed by atoms with Crippen molar-refractivity contribution < 1.29 is 27.5 Å². The van der Waals surface area contributed by atoms with Crippen molar-refractivity contribution in [2.45, 2.75) is 23.3 Å². The van der Waals surface area contributed by atoms with Gasteiger partial charge in [0.15, 0.2) is 0 Å². The van der Waals surface area contributed by atoms with Gasteiger partial charge >= 0.3 is 12.1 Å². The van der Waals surface area contributed by atoms with Crippen LogP contribution in [0.4, 0.5) is 13.2 Å². The second-order valence-electron chi connectivity index (χ2n) is 3.71. The highest BCUT2D eigenvalue weighted by Gasteiger charge is 2.33. The van der Waals surface area contributed by atoms with Crippen LogP contribution in [0.25, 0.3) is 0 Å². The predicted molar refractivity (Wildman–Crippen MR) is 61.6 cm³/mol. The number of carboxylic acid groups (broad SMARTS) is 1.